The second-order valence-corrected chi connectivity index (χ2v) is 11.4. The number of carbonyl (C=O) groups excluding carboxylic acids is 1. The molecule has 3 aromatic carbocycles. The van der Waals surface area contributed by atoms with Gasteiger partial charge in [-0.15, -0.1) is 0 Å². The van der Waals surface area contributed by atoms with Gasteiger partial charge in [0.15, 0.2) is 6.04 Å². The largest absolute Gasteiger partial charge is 0.425 e. The number of aliphatic imine (C=N–C) groups is 1. The molecule has 9 heteroatoms. The van der Waals surface area contributed by atoms with E-state index in [1.807, 2.05) is 0 Å². The van der Waals surface area contributed by atoms with Gasteiger partial charge in [-0.05, 0) is 45.4 Å². The quantitative estimate of drug-likeness (QED) is 0.228. The molecule has 1 N–H and O–H groups in total. The van der Waals surface area contributed by atoms with Crippen molar-refractivity contribution in [2.24, 2.45) is 4.99 Å². The monoisotopic (exact) mass is 530 g/mol. The highest BCUT2D eigenvalue weighted by molar-refractivity contribution is 7.84. The summed E-state index contributed by atoms with van der Waals surface area (Å²) in [5.74, 6) is -1.14. The summed E-state index contributed by atoms with van der Waals surface area (Å²) < 4.78 is 62.6. The van der Waals surface area contributed by atoms with Gasteiger partial charge in [0.2, 0.25) is 0 Å². The van der Waals surface area contributed by atoms with Crippen molar-refractivity contribution in [3.8, 4) is 5.75 Å². The third-order valence-electron chi connectivity index (χ3n) is 5.27. The zero-order valence-corrected chi connectivity index (χ0v) is 21.8. The third kappa shape index (κ3) is 7.84. The first-order chi connectivity index (χ1) is 17.4. The summed E-state index contributed by atoms with van der Waals surface area (Å²) in [4.78, 5) is 17.7. The van der Waals surface area contributed by atoms with Gasteiger partial charge >= 0.3 is 12.1 Å². The fourth-order valence-corrected chi connectivity index (χ4v) is 4.21. The lowest BCUT2D eigenvalue weighted by atomic mass is 10.0. The van der Waals surface area contributed by atoms with Gasteiger partial charge in [0.1, 0.15) is 11.8 Å². The molecule has 0 aromatic heterocycles. The van der Waals surface area contributed by atoms with Crippen LogP contribution < -0.4 is 9.46 Å². The fourth-order valence-electron chi connectivity index (χ4n) is 3.37. The van der Waals surface area contributed by atoms with Gasteiger partial charge in [-0.25, -0.2) is 13.7 Å². The Hall–Kier alpha value is -3.30. The van der Waals surface area contributed by atoms with Crippen molar-refractivity contribution < 1.29 is 26.9 Å². The van der Waals surface area contributed by atoms with Crippen LogP contribution in [-0.4, -0.2) is 38.9 Å². The first-order valence-electron chi connectivity index (χ1n) is 11.6. The van der Waals surface area contributed by atoms with Crippen molar-refractivity contribution in [1.82, 2.24) is 4.72 Å². The van der Waals surface area contributed by atoms with Crippen molar-refractivity contribution in [3.63, 3.8) is 0 Å². The Balaban J connectivity index is 2.18. The van der Waals surface area contributed by atoms with Crippen LogP contribution in [0.1, 0.15) is 37.5 Å². The van der Waals surface area contributed by atoms with Crippen LogP contribution in [0.15, 0.2) is 89.9 Å². The molecule has 3 atom stereocenters. The van der Waals surface area contributed by atoms with Crippen molar-refractivity contribution in [2.45, 2.75) is 50.7 Å². The molecule has 0 saturated carbocycles. The van der Waals surface area contributed by atoms with Crippen LogP contribution in [-0.2, 0) is 15.8 Å². The zero-order chi connectivity index (χ0) is 27.2. The summed E-state index contributed by atoms with van der Waals surface area (Å²) in [6.45, 7) is 6.37. The molecule has 0 aliphatic rings. The second-order valence-electron chi connectivity index (χ2n) is 9.41. The normalized spacial score (nSPS) is 14.4. The summed E-state index contributed by atoms with van der Waals surface area (Å²) in [7, 11) is -2.15. The van der Waals surface area contributed by atoms with Crippen LogP contribution in [0.3, 0.4) is 0 Å². The molecule has 0 spiro atoms. The highest BCUT2D eigenvalue weighted by Gasteiger charge is 2.50. The van der Waals surface area contributed by atoms with Crippen LogP contribution in [0.25, 0.3) is 0 Å². The molecular weight excluding hydrogens is 501 g/mol. The van der Waals surface area contributed by atoms with Crippen molar-refractivity contribution in [2.75, 3.05) is 0 Å². The van der Waals surface area contributed by atoms with E-state index < -0.39 is 40.0 Å². The number of halogens is 3. The van der Waals surface area contributed by atoms with E-state index >= 15 is 0 Å². The molecule has 0 aliphatic heterocycles. The average Bonchev–Trinajstić information content (AvgIpc) is 2.83. The predicted molar refractivity (Wildman–Crippen MR) is 140 cm³/mol. The molecule has 0 amide bonds. The van der Waals surface area contributed by atoms with E-state index in [9.17, 15) is 22.2 Å². The van der Waals surface area contributed by atoms with Gasteiger partial charge in [-0.1, -0.05) is 72.8 Å². The van der Waals surface area contributed by atoms with E-state index in [0.29, 0.717) is 11.1 Å². The number of hydrogen-bond acceptors (Lipinski definition) is 4. The third-order valence-corrected chi connectivity index (χ3v) is 6.85. The fraction of sp³-hybridized carbons (Fsp3) is 0.286. The van der Waals surface area contributed by atoms with Crippen LogP contribution in [0, 0.1) is 6.92 Å². The number of nitrogens with zero attached hydrogens (tertiary/aromatic N) is 1. The Morgan fingerprint density at radius 3 is 1.89 bits per heavy atom. The molecule has 0 saturated heterocycles. The highest BCUT2D eigenvalue weighted by Crippen LogP contribution is 2.28. The Bertz CT molecular complexity index is 1220. The van der Waals surface area contributed by atoms with Crippen LogP contribution in [0.2, 0.25) is 0 Å². The number of esters is 1. The Kier molecular flexibility index (Phi) is 9.04. The van der Waals surface area contributed by atoms with E-state index in [1.165, 1.54) is 32.9 Å². The second kappa shape index (κ2) is 11.8. The summed E-state index contributed by atoms with van der Waals surface area (Å²) in [5.41, 5.74) is 1.96. The number of alkyl halides is 3. The van der Waals surface area contributed by atoms with Gasteiger partial charge in [-0.3, -0.25) is 4.99 Å². The molecule has 3 aromatic rings. The number of rotatable bonds is 8. The topological polar surface area (TPSA) is 67.8 Å². The Morgan fingerprint density at radius 1 is 0.892 bits per heavy atom. The minimum Gasteiger partial charge on any atom is -0.425 e. The van der Waals surface area contributed by atoms with E-state index in [4.69, 9.17) is 4.74 Å². The SMILES string of the molecule is Cc1cccc(OC(=O)[C@@H](N=C(c2ccccc2)c2ccccc2)[C@H](NS(=O)C(C)(C)C)C(F)(F)F)c1. The van der Waals surface area contributed by atoms with Crippen LogP contribution in [0.4, 0.5) is 13.2 Å². The lowest BCUT2D eigenvalue weighted by Gasteiger charge is -2.29. The Labute approximate surface area is 217 Å². The lowest BCUT2D eigenvalue weighted by Crippen LogP contribution is -2.56. The van der Waals surface area contributed by atoms with Gasteiger partial charge in [-0.2, -0.15) is 13.2 Å². The summed E-state index contributed by atoms with van der Waals surface area (Å²) in [6.07, 6.45) is -4.97. The number of hydrogen-bond donors (Lipinski definition) is 1. The molecule has 1 unspecified atom stereocenters. The maximum Gasteiger partial charge on any atom is 0.407 e. The Morgan fingerprint density at radius 2 is 1.43 bits per heavy atom. The molecule has 0 heterocycles. The number of nitrogens with one attached hydrogen (secondary N) is 1. The predicted octanol–water partition coefficient (Wildman–Crippen LogP) is 5.79. The number of ether oxygens (including phenoxy) is 1. The summed E-state index contributed by atoms with van der Waals surface area (Å²) in [5, 5.41) is 0. The van der Waals surface area contributed by atoms with Crippen LogP contribution in [0.5, 0.6) is 5.75 Å². The van der Waals surface area contributed by atoms with E-state index in [1.54, 1.807) is 79.7 Å². The molecule has 5 nitrogen and oxygen atoms in total. The van der Waals surface area contributed by atoms with Crippen molar-refractivity contribution in [1.29, 1.82) is 0 Å². The number of aryl methyl sites for hydroxylation is 1. The molecule has 37 heavy (non-hydrogen) atoms. The van der Waals surface area contributed by atoms with E-state index in [0.717, 1.165) is 5.56 Å². The molecule has 0 aliphatic carbocycles. The molecule has 0 radical (unpaired) electrons. The van der Waals surface area contributed by atoms with Crippen LogP contribution >= 0.6 is 0 Å². The van der Waals surface area contributed by atoms with Crippen molar-refractivity contribution >= 4 is 22.7 Å². The molecular formula is C28H29F3N2O3S. The number of benzene rings is 3. The van der Waals surface area contributed by atoms with Gasteiger partial charge < -0.3 is 4.74 Å². The minimum atomic E-state index is -4.97. The molecule has 0 fully saturated rings. The molecule has 3 rings (SSSR count). The number of carbonyl (C=O) groups is 1. The highest BCUT2D eigenvalue weighted by atomic mass is 32.2. The maximum atomic E-state index is 14.5. The molecule has 196 valence electrons. The van der Waals surface area contributed by atoms with E-state index in [2.05, 4.69) is 9.71 Å². The maximum absolute atomic E-state index is 14.5. The van der Waals surface area contributed by atoms with Gasteiger partial charge in [0.25, 0.3) is 0 Å². The summed E-state index contributed by atoms with van der Waals surface area (Å²) >= 11 is 0. The first-order valence-corrected chi connectivity index (χ1v) is 12.7. The zero-order valence-electron chi connectivity index (χ0n) is 21.0. The van der Waals surface area contributed by atoms with Gasteiger partial charge in [0, 0.05) is 11.1 Å². The summed E-state index contributed by atoms with van der Waals surface area (Å²) in [6, 6.07) is 18.9. The van der Waals surface area contributed by atoms with Gasteiger partial charge in [0.05, 0.1) is 21.4 Å². The lowest BCUT2D eigenvalue weighted by molar-refractivity contribution is -0.165. The standard InChI is InChI=1S/C28H29F3N2O3S/c1-19-12-11-17-22(18-19)36-26(34)24(25(28(29,30)31)33-37(35)27(2,3)4)32-23(20-13-7-5-8-14-20)21-15-9-6-10-16-21/h5-18,24-25,33H,1-4H3/t24-,25-,37?/m0/s1. The smallest absolute Gasteiger partial charge is 0.407 e. The average molecular weight is 531 g/mol. The van der Waals surface area contributed by atoms with E-state index in [-0.39, 0.29) is 11.5 Å². The first kappa shape index (κ1) is 28.3. The van der Waals surface area contributed by atoms with Crippen molar-refractivity contribution in [3.05, 3.63) is 102 Å². The minimum absolute atomic E-state index is 0.0871. The molecule has 0 bridgehead atoms.